The number of benzene rings is 2. The summed E-state index contributed by atoms with van der Waals surface area (Å²) in [7, 11) is 0. The van der Waals surface area contributed by atoms with E-state index >= 15 is 0 Å². The smallest absolute Gasteiger partial charge is 0.343 e. The Morgan fingerprint density at radius 2 is 1.58 bits per heavy atom. The van der Waals surface area contributed by atoms with Crippen LogP contribution in [0.15, 0.2) is 79.1 Å². The lowest BCUT2D eigenvalue weighted by molar-refractivity contribution is 0.0734. The third-order valence-corrected chi connectivity index (χ3v) is 3.83. The molecule has 26 heavy (non-hydrogen) atoms. The van der Waals surface area contributed by atoms with Crippen molar-refractivity contribution in [1.29, 1.82) is 0 Å². The quantitative estimate of drug-likeness (QED) is 0.281. The summed E-state index contributed by atoms with van der Waals surface area (Å²) < 4.78 is 5.44. The van der Waals surface area contributed by atoms with Crippen LogP contribution in [0.2, 0.25) is 5.02 Å². The van der Waals surface area contributed by atoms with E-state index in [4.69, 9.17) is 16.3 Å². The van der Waals surface area contributed by atoms with E-state index < -0.39 is 5.97 Å². The second kappa shape index (κ2) is 8.23. The number of ether oxygens (including phenoxy) is 1. The van der Waals surface area contributed by atoms with Gasteiger partial charge in [-0.2, -0.15) is 0 Å². The Labute approximate surface area is 155 Å². The molecule has 0 aliphatic rings. The zero-order valence-corrected chi connectivity index (χ0v) is 14.4. The van der Waals surface area contributed by atoms with Gasteiger partial charge in [0.1, 0.15) is 5.75 Å². The van der Waals surface area contributed by atoms with Gasteiger partial charge in [0.15, 0.2) is 5.78 Å². The molecule has 0 bridgehead atoms. The Kier molecular flexibility index (Phi) is 5.56. The van der Waals surface area contributed by atoms with Crippen LogP contribution in [0.5, 0.6) is 5.75 Å². The maximum atomic E-state index is 12.2. The van der Waals surface area contributed by atoms with Gasteiger partial charge in [0, 0.05) is 28.5 Å². The van der Waals surface area contributed by atoms with E-state index in [-0.39, 0.29) is 5.78 Å². The average molecular weight is 364 g/mol. The molecule has 128 valence electrons. The zero-order chi connectivity index (χ0) is 18.4. The molecular formula is C21H14ClNO3. The SMILES string of the molecule is O=C(/C=C\c1ccccc1OC(=O)c1ccncc1)c1ccc(Cl)cc1. The first kappa shape index (κ1) is 17.6. The van der Waals surface area contributed by atoms with Crippen molar-refractivity contribution in [3.63, 3.8) is 0 Å². The number of para-hydroxylation sites is 1. The predicted molar refractivity (Wildman–Crippen MR) is 100 cm³/mol. The molecule has 0 fully saturated rings. The largest absolute Gasteiger partial charge is 0.422 e. The standard InChI is InChI=1S/C21H14ClNO3/c22-18-8-5-15(6-9-18)19(24)10-7-16-3-1-2-4-20(16)26-21(25)17-11-13-23-14-12-17/h1-14H/b10-7-. The molecule has 0 unspecified atom stereocenters. The molecule has 0 spiro atoms. The third kappa shape index (κ3) is 4.43. The third-order valence-electron chi connectivity index (χ3n) is 3.58. The van der Waals surface area contributed by atoms with Gasteiger partial charge in [-0.15, -0.1) is 0 Å². The summed E-state index contributed by atoms with van der Waals surface area (Å²) in [6, 6.07) is 16.8. The van der Waals surface area contributed by atoms with Crippen molar-refractivity contribution in [3.05, 3.63) is 101 Å². The summed E-state index contributed by atoms with van der Waals surface area (Å²) in [6.07, 6.45) is 6.09. The van der Waals surface area contributed by atoms with Crippen LogP contribution in [-0.4, -0.2) is 16.7 Å². The summed E-state index contributed by atoms with van der Waals surface area (Å²) >= 11 is 5.83. The lowest BCUT2D eigenvalue weighted by Gasteiger charge is -2.07. The first-order valence-electron chi connectivity index (χ1n) is 7.83. The van der Waals surface area contributed by atoms with Crippen LogP contribution in [0.1, 0.15) is 26.3 Å². The molecule has 0 atom stereocenters. The molecule has 0 aliphatic carbocycles. The molecule has 4 nitrogen and oxygen atoms in total. The minimum absolute atomic E-state index is 0.170. The van der Waals surface area contributed by atoms with Gasteiger partial charge in [-0.25, -0.2) is 4.79 Å². The molecule has 1 heterocycles. The minimum Gasteiger partial charge on any atom is -0.422 e. The Hall–Kier alpha value is -3.24. The summed E-state index contributed by atoms with van der Waals surface area (Å²) in [5, 5.41) is 0.568. The molecule has 0 amide bonds. The Balaban J connectivity index is 1.77. The number of nitrogens with zero attached hydrogens (tertiary/aromatic N) is 1. The molecule has 0 saturated carbocycles. The first-order chi connectivity index (χ1) is 12.6. The minimum atomic E-state index is -0.489. The van der Waals surface area contributed by atoms with E-state index in [0.29, 0.717) is 27.5 Å². The lowest BCUT2D eigenvalue weighted by atomic mass is 10.1. The van der Waals surface area contributed by atoms with E-state index in [0.717, 1.165) is 0 Å². The highest BCUT2D eigenvalue weighted by atomic mass is 35.5. The van der Waals surface area contributed by atoms with Crippen LogP contribution in [0, 0.1) is 0 Å². The number of ketones is 1. The van der Waals surface area contributed by atoms with Crippen molar-refractivity contribution in [2.24, 2.45) is 0 Å². The van der Waals surface area contributed by atoms with Crippen LogP contribution < -0.4 is 4.74 Å². The molecule has 0 N–H and O–H groups in total. The van der Waals surface area contributed by atoms with Gasteiger partial charge in [-0.1, -0.05) is 29.8 Å². The molecule has 0 radical (unpaired) electrons. The molecule has 2 aromatic carbocycles. The molecule has 3 rings (SSSR count). The number of aromatic nitrogens is 1. The van der Waals surface area contributed by atoms with E-state index in [1.807, 2.05) is 0 Å². The molecule has 1 aromatic heterocycles. The fourth-order valence-corrected chi connectivity index (χ4v) is 2.36. The van der Waals surface area contributed by atoms with Crippen molar-refractivity contribution in [2.75, 3.05) is 0 Å². The number of pyridine rings is 1. The molecule has 5 heteroatoms. The maximum absolute atomic E-state index is 12.2. The number of carbonyl (C=O) groups excluding carboxylic acids is 2. The van der Waals surface area contributed by atoms with Crippen molar-refractivity contribution < 1.29 is 14.3 Å². The number of hydrogen-bond acceptors (Lipinski definition) is 4. The number of halogens is 1. The van der Waals surface area contributed by atoms with Crippen molar-refractivity contribution in [3.8, 4) is 5.75 Å². The highest BCUT2D eigenvalue weighted by molar-refractivity contribution is 6.30. The van der Waals surface area contributed by atoms with E-state index in [2.05, 4.69) is 4.98 Å². The molecule has 0 saturated heterocycles. The number of allylic oxidation sites excluding steroid dienone is 1. The van der Waals surface area contributed by atoms with Gasteiger partial charge in [0.25, 0.3) is 0 Å². The van der Waals surface area contributed by atoms with Crippen LogP contribution in [0.4, 0.5) is 0 Å². The maximum Gasteiger partial charge on any atom is 0.343 e. The van der Waals surface area contributed by atoms with Crippen molar-refractivity contribution in [2.45, 2.75) is 0 Å². The van der Waals surface area contributed by atoms with Gasteiger partial charge in [0.05, 0.1) is 5.56 Å². The fraction of sp³-hybridized carbons (Fsp3) is 0. The lowest BCUT2D eigenvalue weighted by Crippen LogP contribution is -2.09. The van der Waals surface area contributed by atoms with Gasteiger partial charge in [0.2, 0.25) is 0 Å². The Morgan fingerprint density at radius 3 is 2.31 bits per heavy atom. The Bertz CT molecular complexity index is 951. The number of hydrogen-bond donors (Lipinski definition) is 0. The Morgan fingerprint density at radius 1 is 0.885 bits per heavy atom. The average Bonchev–Trinajstić information content (AvgIpc) is 2.68. The van der Waals surface area contributed by atoms with E-state index in [9.17, 15) is 9.59 Å². The van der Waals surface area contributed by atoms with Crippen molar-refractivity contribution in [1.82, 2.24) is 4.98 Å². The van der Waals surface area contributed by atoms with Crippen LogP contribution in [-0.2, 0) is 0 Å². The van der Waals surface area contributed by atoms with Crippen molar-refractivity contribution >= 4 is 29.4 Å². The van der Waals surface area contributed by atoms with Gasteiger partial charge >= 0.3 is 5.97 Å². The highest BCUT2D eigenvalue weighted by Crippen LogP contribution is 2.21. The summed E-state index contributed by atoms with van der Waals surface area (Å²) in [5.74, 6) is -0.288. The van der Waals surface area contributed by atoms with Crippen LogP contribution in [0.25, 0.3) is 6.08 Å². The van der Waals surface area contributed by atoms with Crippen LogP contribution >= 0.6 is 11.6 Å². The number of carbonyl (C=O) groups is 2. The number of rotatable bonds is 5. The predicted octanol–water partition coefficient (Wildman–Crippen LogP) is 4.85. The summed E-state index contributed by atoms with van der Waals surface area (Å²) in [5.41, 5.74) is 1.55. The highest BCUT2D eigenvalue weighted by Gasteiger charge is 2.10. The first-order valence-corrected chi connectivity index (χ1v) is 8.20. The van der Waals surface area contributed by atoms with Gasteiger partial charge < -0.3 is 4.74 Å². The molecular weight excluding hydrogens is 350 g/mol. The van der Waals surface area contributed by atoms with E-state index in [1.54, 1.807) is 66.7 Å². The normalized spacial score (nSPS) is 10.7. The zero-order valence-electron chi connectivity index (χ0n) is 13.6. The van der Waals surface area contributed by atoms with E-state index in [1.165, 1.54) is 18.5 Å². The fourth-order valence-electron chi connectivity index (χ4n) is 2.23. The van der Waals surface area contributed by atoms with Gasteiger partial charge in [-0.3, -0.25) is 9.78 Å². The van der Waals surface area contributed by atoms with Gasteiger partial charge in [-0.05, 0) is 54.6 Å². The molecule has 3 aromatic rings. The molecule has 0 aliphatic heterocycles. The number of esters is 1. The topological polar surface area (TPSA) is 56.3 Å². The summed E-state index contributed by atoms with van der Waals surface area (Å²) in [4.78, 5) is 28.3. The second-order valence-electron chi connectivity index (χ2n) is 5.37. The van der Waals surface area contributed by atoms with Crippen LogP contribution in [0.3, 0.4) is 0 Å². The monoisotopic (exact) mass is 363 g/mol. The second-order valence-corrected chi connectivity index (χ2v) is 5.80. The summed E-state index contributed by atoms with van der Waals surface area (Å²) in [6.45, 7) is 0.